The summed E-state index contributed by atoms with van der Waals surface area (Å²) in [5, 5.41) is 10.2. The van der Waals surface area contributed by atoms with E-state index >= 15 is 0 Å². The molecule has 1 unspecified atom stereocenters. The molecule has 0 saturated heterocycles. The molecule has 0 aromatic heterocycles. The fourth-order valence-electron chi connectivity index (χ4n) is 3.60. The van der Waals surface area contributed by atoms with E-state index in [1.165, 1.54) is 25.7 Å². The first-order valence-electron chi connectivity index (χ1n) is 10.1. The van der Waals surface area contributed by atoms with E-state index in [0.29, 0.717) is 6.42 Å². The lowest BCUT2D eigenvalue weighted by Gasteiger charge is -2.32. The summed E-state index contributed by atoms with van der Waals surface area (Å²) in [7, 11) is 0. The van der Waals surface area contributed by atoms with Gasteiger partial charge in [0.15, 0.2) is 0 Å². The molecule has 3 nitrogen and oxygen atoms in total. The van der Waals surface area contributed by atoms with Crippen LogP contribution in [-0.2, 0) is 10.2 Å². The van der Waals surface area contributed by atoms with E-state index in [-0.39, 0.29) is 0 Å². The van der Waals surface area contributed by atoms with Crippen molar-refractivity contribution in [3.05, 3.63) is 35.9 Å². The van der Waals surface area contributed by atoms with Crippen LogP contribution in [0.25, 0.3) is 0 Å². The highest BCUT2D eigenvalue weighted by Crippen LogP contribution is 2.35. The van der Waals surface area contributed by atoms with Crippen molar-refractivity contribution >= 4 is 5.97 Å². The summed E-state index contributed by atoms with van der Waals surface area (Å²) < 4.78 is 0. The summed E-state index contributed by atoms with van der Waals surface area (Å²) in [5.74, 6) is -0.667. The number of hydrogen-bond donors (Lipinski definition) is 1. The number of aliphatic carboxylic acids is 1. The van der Waals surface area contributed by atoms with Crippen LogP contribution in [-0.4, -0.2) is 35.6 Å². The first-order valence-corrected chi connectivity index (χ1v) is 10.1. The number of unbranched alkanes of at least 4 members (excludes halogenated alkanes) is 5. The average molecular weight is 348 g/mol. The van der Waals surface area contributed by atoms with Crippen molar-refractivity contribution in [3.8, 4) is 0 Å². The van der Waals surface area contributed by atoms with Crippen LogP contribution in [0.4, 0.5) is 0 Å². The van der Waals surface area contributed by atoms with Gasteiger partial charge in [0.05, 0.1) is 5.41 Å². The van der Waals surface area contributed by atoms with E-state index in [2.05, 4.69) is 25.7 Å². The van der Waals surface area contributed by atoms with E-state index in [1.54, 1.807) is 0 Å². The largest absolute Gasteiger partial charge is 0.481 e. The van der Waals surface area contributed by atoms with Gasteiger partial charge in [-0.2, -0.15) is 0 Å². The molecule has 1 aromatic rings. The second kappa shape index (κ2) is 12.1. The van der Waals surface area contributed by atoms with Gasteiger partial charge >= 0.3 is 5.97 Å². The Balaban J connectivity index is 2.84. The van der Waals surface area contributed by atoms with Crippen LogP contribution < -0.4 is 0 Å². The quantitative estimate of drug-likeness (QED) is 0.452. The molecule has 142 valence electrons. The van der Waals surface area contributed by atoms with Gasteiger partial charge in [0.2, 0.25) is 0 Å². The topological polar surface area (TPSA) is 40.5 Å². The zero-order chi connectivity index (χ0) is 18.5. The first kappa shape index (κ1) is 21.7. The van der Waals surface area contributed by atoms with Gasteiger partial charge in [-0.15, -0.1) is 0 Å². The Kier molecular flexibility index (Phi) is 10.5. The Morgan fingerprint density at radius 2 is 1.52 bits per heavy atom. The molecule has 1 aromatic carbocycles. The molecular formula is C22H37NO2. The molecule has 0 aliphatic rings. The molecule has 0 aliphatic carbocycles. The van der Waals surface area contributed by atoms with Gasteiger partial charge in [-0.1, -0.05) is 89.6 Å². The lowest BCUT2D eigenvalue weighted by atomic mass is 9.73. The van der Waals surface area contributed by atoms with E-state index in [1.807, 2.05) is 30.3 Å². The van der Waals surface area contributed by atoms with Gasteiger partial charge < -0.3 is 10.0 Å². The van der Waals surface area contributed by atoms with Crippen molar-refractivity contribution in [3.63, 3.8) is 0 Å². The summed E-state index contributed by atoms with van der Waals surface area (Å²) in [4.78, 5) is 14.7. The lowest BCUT2D eigenvalue weighted by Crippen LogP contribution is -2.40. The standard InChI is InChI=1S/C22H37NO2/c1-4-7-8-9-10-14-17-22(21(24)25,18-19-23(5-2)6-3)20-15-12-11-13-16-20/h11-13,15-16H,4-10,14,17-19H2,1-3H3,(H,24,25). The highest BCUT2D eigenvalue weighted by molar-refractivity contribution is 5.81. The maximum atomic E-state index is 12.4. The van der Waals surface area contributed by atoms with E-state index < -0.39 is 11.4 Å². The number of nitrogens with zero attached hydrogens (tertiary/aromatic N) is 1. The number of benzene rings is 1. The second-order valence-corrected chi connectivity index (χ2v) is 7.05. The number of rotatable bonds is 14. The van der Waals surface area contributed by atoms with Crippen molar-refractivity contribution in [1.82, 2.24) is 4.90 Å². The van der Waals surface area contributed by atoms with Crippen LogP contribution in [0.5, 0.6) is 0 Å². The van der Waals surface area contributed by atoms with Crippen LogP contribution >= 0.6 is 0 Å². The van der Waals surface area contributed by atoms with Crippen molar-refractivity contribution in [2.24, 2.45) is 0 Å². The highest BCUT2D eigenvalue weighted by atomic mass is 16.4. The molecule has 0 fully saturated rings. The minimum atomic E-state index is -0.755. The Labute approximate surface area is 154 Å². The van der Waals surface area contributed by atoms with Gasteiger partial charge in [-0.25, -0.2) is 0 Å². The molecular weight excluding hydrogens is 310 g/mol. The maximum absolute atomic E-state index is 12.4. The van der Waals surface area contributed by atoms with Crippen molar-refractivity contribution in [2.45, 2.75) is 77.6 Å². The minimum Gasteiger partial charge on any atom is -0.481 e. The Morgan fingerprint density at radius 1 is 0.920 bits per heavy atom. The summed E-state index contributed by atoms with van der Waals surface area (Å²) >= 11 is 0. The molecule has 0 saturated carbocycles. The summed E-state index contributed by atoms with van der Waals surface area (Å²) in [6, 6.07) is 9.88. The molecule has 1 rings (SSSR count). The van der Waals surface area contributed by atoms with E-state index in [4.69, 9.17) is 0 Å². The number of hydrogen-bond acceptors (Lipinski definition) is 2. The SMILES string of the molecule is CCCCCCCCC(CCN(CC)CC)(C(=O)O)c1ccccc1. The van der Waals surface area contributed by atoms with Crippen molar-refractivity contribution < 1.29 is 9.90 Å². The molecule has 25 heavy (non-hydrogen) atoms. The van der Waals surface area contributed by atoms with Gasteiger partial charge in [0.25, 0.3) is 0 Å². The third-order valence-corrected chi connectivity index (χ3v) is 5.44. The summed E-state index contributed by atoms with van der Waals surface area (Å²) in [5.41, 5.74) is 0.206. The number of carboxylic acid groups (broad SMARTS) is 1. The molecule has 3 heteroatoms. The molecule has 0 heterocycles. The molecule has 1 atom stereocenters. The van der Waals surface area contributed by atoms with Crippen LogP contribution in [0.3, 0.4) is 0 Å². The zero-order valence-corrected chi connectivity index (χ0v) is 16.5. The third-order valence-electron chi connectivity index (χ3n) is 5.44. The fourth-order valence-corrected chi connectivity index (χ4v) is 3.60. The smallest absolute Gasteiger partial charge is 0.314 e. The Morgan fingerprint density at radius 3 is 2.08 bits per heavy atom. The monoisotopic (exact) mass is 347 g/mol. The predicted octanol–water partition coefficient (Wildman–Crippen LogP) is 5.49. The van der Waals surface area contributed by atoms with E-state index in [9.17, 15) is 9.90 Å². The Bertz CT molecular complexity index is 470. The lowest BCUT2D eigenvalue weighted by molar-refractivity contribution is -0.144. The van der Waals surface area contributed by atoms with Gasteiger partial charge in [-0.3, -0.25) is 4.79 Å². The first-order chi connectivity index (χ1) is 12.1. The molecule has 0 aliphatic heterocycles. The van der Waals surface area contributed by atoms with E-state index in [0.717, 1.165) is 44.5 Å². The van der Waals surface area contributed by atoms with Crippen molar-refractivity contribution in [2.75, 3.05) is 19.6 Å². The van der Waals surface area contributed by atoms with Gasteiger partial charge in [-0.05, 0) is 38.0 Å². The van der Waals surface area contributed by atoms with Crippen LogP contribution in [0.15, 0.2) is 30.3 Å². The summed E-state index contributed by atoms with van der Waals surface area (Å²) in [6.07, 6.45) is 8.55. The molecule has 0 radical (unpaired) electrons. The normalized spacial score (nSPS) is 13.8. The van der Waals surface area contributed by atoms with Gasteiger partial charge in [0.1, 0.15) is 0 Å². The second-order valence-electron chi connectivity index (χ2n) is 7.05. The van der Waals surface area contributed by atoms with Crippen LogP contribution in [0.1, 0.15) is 77.7 Å². The number of carboxylic acids is 1. The number of carbonyl (C=O) groups is 1. The zero-order valence-electron chi connectivity index (χ0n) is 16.5. The Hall–Kier alpha value is -1.35. The average Bonchev–Trinajstić information content (AvgIpc) is 2.64. The highest BCUT2D eigenvalue weighted by Gasteiger charge is 2.39. The fraction of sp³-hybridized carbons (Fsp3) is 0.682. The maximum Gasteiger partial charge on any atom is 0.314 e. The molecule has 1 N–H and O–H groups in total. The minimum absolute atomic E-state index is 0.667. The van der Waals surface area contributed by atoms with Crippen molar-refractivity contribution in [1.29, 1.82) is 0 Å². The van der Waals surface area contributed by atoms with Crippen LogP contribution in [0.2, 0.25) is 0 Å². The predicted molar refractivity (Wildman–Crippen MR) is 106 cm³/mol. The molecule has 0 bridgehead atoms. The van der Waals surface area contributed by atoms with Crippen LogP contribution in [0, 0.1) is 0 Å². The summed E-state index contributed by atoms with van der Waals surface area (Å²) in [6.45, 7) is 9.28. The van der Waals surface area contributed by atoms with Gasteiger partial charge in [0, 0.05) is 0 Å². The molecule has 0 amide bonds. The third kappa shape index (κ3) is 6.81. The molecule has 0 spiro atoms.